The highest BCUT2D eigenvalue weighted by atomic mass is 32.2. The van der Waals surface area contributed by atoms with E-state index in [0.717, 1.165) is 0 Å². The summed E-state index contributed by atoms with van der Waals surface area (Å²) >= 11 is 0. The minimum absolute atomic E-state index is 0.0454. The Morgan fingerprint density at radius 1 is 1.23 bits per heavy atom. The number of fused-ring (bicyclic) bond motifs is 1. The number of imidazole rings is 1. The van der Waals surface area contributed by atoms with Crippen molar-refractivity contribution in [2.24, 2.45) is 10.1 Å². The summed E-state index contributed by atoms with van der Waals surface area (Å²) in [6.45, 7) is 7.21. The number of nitrogens with zero attached hydrogens (tertiary/aromatic N) is 3. The number of aliphatic imine (C=N–C) groups is 1. The second kappa shape index (κ2) is 7.27. The van der Waals surface area contributed by atoms with Crippen LogP contribution in [0.25, 0.3) is 6.08 Å². The van der Waals surface area contributed by atoms with Crippen molar-refractivity contribution in [2.45, 2.75) is 17.0 Å². The summed E-state index contributed by atoms with van der Waals surface area (Å²) in [6, 6.07) is 12.1. The van der Waals surface area contributed by atoms with Crippen LogP contribution >= 0.6 is 0 Å². The molecule has 0 bridgehead atoms. The normalized spacial score (nSPS) is 18.1. The molecule has 0 aliphatic carbocycles. The summed E-state index contributed by atoms with van der Waals surface area (Å²) in [5.74, 6) is 0.203. The molecule has 3 aromatic rings. The third-order valence-electron chi connectivity index (χ3n) is 5.16. The van der Waals surface area contributed by atoms with Crippen LogP contribution in [-0.4, -0.2) is 36.1 Å². The molecule has 4 N–H and O–H groups in total. The molecule has 158 valence electrons. The Bertz CT molecular complexity index is 1290. The lowest BCUT2D eigenvalue weighted by Gasteiger charge is -2.23. The number of amides is 1. The van der Waals surface area contributed by atoms with E-state index in [1.54, 1.807) is 30.3 Å². The lowest BCUT2D eigenvalue weighted by Crippen LogP contribution is -2.41. The lowest BCUT2D eigenvalue weighted by atomic mass is 9.87. The van der Waals surface area contributed by atoms with Gasteiger partial charge in [-0.2, -0.15) is 0 Å². The molecule has 1 amide bonds. The van der Waals surface area contributed by atoms with Crippen LogP contribution in [-0.2, 0) is 27.0 Å². The van der Waals surface area contributed by atoms with Crippen LogP contribution in [0.4, 0.5) is 11.5 Å². The first-order valence-corrected chi connectivity index (χ1v) is 10.7. The topological polar surface area (TPSA) is 142 Å². The minimum atomic E-state index is -3.91. The Kier molecular flexibility index (Phi) is 4.85. The number of hydrogen-bond acceptors (Lipinski definition) is 6. The first-order chi connectivity index (χ1) is 14.7. The van der Waals surface area contributed by atoms with Gasteiger partial charge in [0.2, 0.25) is 10.0 Å². The molecule has 1 aromatic heterocycles. The molecule has 1 atom stereocenters. The standard InChI is InChI=1S/C21H19N5O4S/c1-3-16-19(23-2)25-18(24-16)12-26-17-7-5-4-6-15(17)21(28,20(26)27)13-8-10-14(11-9-13)31(22,29)30/h3-11,28H,1-2,12H2,(H,24,25)(H2,22,29,30). The van der Waals surface area contributed by atoms with Crippen molar-refractivity contribution in [1.29, 1.82) is 0 Å². The third-order valence-corrected chi connectivity index (χ3v) is 6.09. The molecule has 0 saturated carbocycles. The largest absolute Gasteiger partial charge is 0.372 e. The molecule has 31 heavy (non-hydrogen) atoms. The molecule has 0 radical (unpaired) electrons. The fourth-order valence-electron chi connectivity index (χ4n) is 3.67. The van der Waals surface area contributed by atoms with E-state index in [9.17, 15) is 18.3 Å². The summed E-state index contributed by atoms with van der Waals surface area (Å²) in [5.41, 5.74) is -0.324. The molecular formula is C21H19N5O4S. The number of nitrogens with two attached hydrogens (primary N) is 1. The van der Waals surface area contributed by atoms with E-state index in [0.29, 0.717) is 28.6 Å². The van der Waals surface area contributed by atoms with Gasteiger partial charge in [-0.05, 0) is 36.6 Å². The van der Waals surface area contributed by atoms with Crippen LogP contribution in [0, 0.1) is 0 Å². The number of sulfonamides is 1. The van der Waals surface area contributed by atoms with Gasteiger partial charge in [-0.15, -0.1) is 0 Å². The monoisotopic (exact) mass is 437 g/mol. The van der Waals surface area contributed by atoms with E-state index < -0.39 is 21.5 Å². The highest BCUT2D eigenvalue weighted by Crippen LogP contribution is 2.45. The number of primary sulfonamides is 1. The maximum atomic E-state index is 13.4. The van der Waals surface area contributed by atoms with Crippen LogP contribution < -0.4 is 10.0 Å². The number of aromatic amines is 1. The summed E-state index contributed by atoms with van der Waals surface area (Å²) in [6.07, 6.45) is 1.55. The second-order valence-electron chi connectivity index (χ2n) is 6.97. The van der Waals surface area contributed by atoms with E-state index in [1.165, 1.54) is 29.2 Å². The van der Waals surface area contributed by atoms with Gasteiger partial charge in [-0.3, -0.25) is 4.79 Å². The number of hydrogen-bond donors (Lipinski definition) is 3. The Morgan fingerprint density at radius 3 is 2.48 bits per heavy atom. The minimum Gasteiger partial charge on any atom is -0.372 e. The summed E-state index contributed by atoms with van der Waals surface area (Å²) in [7, 11) is -3.91. The zero-order valence-corrected chi connectivity index (χ0v) is 17.1. The fraction of sp³-hybridized carbons (Fsp3) is 0.0952. The number of H-pyrrole nitrogens is 1. The van der Waals surface area contributed by atoms with Gasteiger partial charge in [0.15, 0.2) is 11.4 Å². The molecule has 0 fully saturated rings. The molecule has 2 heterocycles. The van der Waals surface area contributed by atoms with Crippen molar-refractivity contribution in [3.8, 4) is 0 Å². The number of benzene rings is 2. The number of aromatic nitrogens is 2. The second-order valence-corrected chi connectivity index (χ2v) is 8.53. The van der Waals surface area contributed by atoms with Gasteiger partial charge >= 0.3 is 0 Å². The van der Waals surface area contributed by atoms with E-state index in [1.807, 2.05) is 0 Å². The van der Waals surface area contributed by atoms with Crippen molar-refractivity contribution in [3.05, 3.63) is 77.8 Å². The molecule has 9 nitrogen and oxygen atoms in total. The fourth-order valence-corrected chi connectivity index (χ4v) is 4.19. The van der Waals surface area contributed by atoms with Crippen molar-refractivity contribution >= 4 is 40.2 Å². The van der Waals surface area contributed by atoms with E-state index >= 15 is 0 Å². The Labute approximate surface area is 178 Å². The molecule has 0 spiro atoms. The molecule has 4 rings (SSSR count). The van der Waals surface area contributed by atoms with Gasteiger partial charge in [-0.25, -0.2) is 23.5 Å². The van der Waals surface area contributed by atoms with Crippen molar-refractivity contribution in [1.82, 2.24) is 9.97 Å². The van der Waals surface area contributed by atoms with E-state index in [4.69, 9.17) is 5.14 Å². The third kappa shape index (κ3) is 3.26. The van der Waals surface area contributed by atoms with E-state index in [2.05, 4.69) is 28.3 Å². The van der Waals surface area contributed by atoms with Crippen LogP contribution in [0.1, 0.15) is 22.6 Å². The highest BCUT2D eigenvalue weighted by Gasteiger charge is 2.51. The van der Waals surface area contributed by atoms with Crippen LogP contribution in [0.2, 0.25) is 0 Å². The van der Waals surface area contributed by atoms with Crippen molar-refractivity contribution in [3.63, 3.8) is 0 Å². The highest BCUT2D eigenvalue weighted by molar-refractivity contribution is 7.89. The number of anilines is 1. The predicted octanol–water partition coefficient (Wildman–Crippen LogP) is 1.81. The Balaban J connectivity index is 1.78. The number of rotatable bonds is 6. The molecule has 1 aliphatic heterocycles. The van der Waals surface area contributed by atoms with Gasteiger partial charge in [0.25, 0.3) is 5.91 Å². The van der Waals surface area contributed by atoms with Gasteiger partial charge in [-0.1, -0.05) is 36.9 Å². The van der Waals surface area contributed by atoms with Crippen LogP contribution in [0.15, 0.2) is 65.0 Å². The average Bonchev–Trinajstić information content (AvgIpc) is 3.26. The zero-order chi connectivity index (χ0) is 22.4. The Hall–Kier alpha value is -3.60. The molecule has 0 saturated heterocycles. The quantitative estimate of drug-likeness (QED) is 0.504. The van der Waals surface area contributed by atoms with Crippen LogP contribution in [0.5, 0.6) is 0 Å². The smallest absolute Gasteiger partial charge is 0.268 e. The summed E-state index contributed by atoms with van der Waals surface area (Å²) in [5, 5.41) is 16.7. The van der Waals surface area contributed by atoms with Crippen molar-refractivity contribution in [2.75, 3.05) is 4.90 Å². The zero-order valence-electron chi connectivity index (χ0n) is 16.3. The molecule has 2 aromatic carbocycles. The first-order valence-electron chi connectivity index (χ1n) is 9.15. The maximum absolute atomic E-state index is 13.4. The van der Waals surface area contributed by atoms with Crippen LogP contribution in [0.3, 0.4) is 0 Å². The lowest BCUT2D eigenvalue weighted by molar-refractivity contribution is -0.132. The maximum Gasteiger partial charge on any atom is 0.268 e. The Morgan fingerprint density at radius 2 is 1.90 bits per heavy atom. The van der Waals surface area contributed by atoms with Crippen molar-refractivity contribution < 1.29 is 18.3 Å². The molecule has 1 aliphatic rings. The number of carbonyl (C=O) groups excluding carboxylic acids is 1. The van der Waals surface area contributed by atoms with Gasteiger partial charge < -0.3 is 15.0 Å². The average molecular weight is 437 g/mol. The number of para-hydroxylation sites is 1. The van der Waals surface area contributed by atoms with Gasteiger partial charge in [0, 0.05) is 5.56 Å². The SMILES string of the molecule is C=Cc1[nH]c(CN2C(=O)C(O)(c3ccc(S(N)(=O)=O)cc3)c3ccccc32)nc1N=C. The molecule has 1 unspecified atom stereocenters. The predicted molar refractivity (Wildman–Crippen MR) is 116 cm³/mol. The number of aliphatic hydroxyl groups is 1. The van der Waals surface area contributed by atoms with Gasteiger partial charge in [0.1, 0.15) is 5.82 Å². The van der Waals surface area contributed by atoms with E-state index in [-0.39, 0.29) is 17.0 Å². The number of nitrogens with one attached hydrogen (secondary N) is 1. The molecular weight excluding hydrogens is 418 g/mol. The number of carbonyl (C=O) groups is 1. The summed E-state index contributed by atoms with van der Waals surface area (Å²) < 4.78 is 23.1. The van der Waals surface area contributed by atoms with Gasteiger partial charge in [0.05, 0.1) is 22.8 Å². The molecule has 10 heteroatoms. The first kappa shape index (κ1) is 20.7. The summed E-state index contributed by atoms with van der Waals surface area (Å²) in [4.78, 5) is 25.9.